The Bertz CT molecular complexity index is 88.9. The van der Waals surface area contributed by atoms with Crippen molar-refractivity contribution < 1.29 is 9.69 Å². The van der Waals surface area contributed by atoms with E-state index in [0.717, 1.165) is 19.2 Å². The zero-order valence-electron chi connectivity index (χ0n) is 9.34. The predicted octanol–water partition coefficient (Wildman–Crippen LogP) is 3.08. The number of unbranched alkanes of at least 4 members (excludes halogenated alkanes) is 2. The van der Waals surface area contributed by atoms with Gasteiger partial charge in [0.2, 0.25) is 0 Å². The molecule has 2 nitrogen and oxygen atoms in total. The van der Waals surface area contributed by atoms with Gasteiger partial charge < -0.3 is 4.81 Å². The van der Waals surface area contributed by atoms with Crippen LogP contribution >= 0.6 is 0 Å². The summed E-state index contributed by atoms with van der Waals surface area (Å²) in [7, 11) is 0.713. The van der Waals surface area contributed by atoms with Crippen LogP contribution in [0.5, 0.6) is 0 Å². The first kappa shape index (κ1) is 13.0. The summed E-state index contributed by atoms with van der Waals surface area (Å²) in [6, 6.07) is 0. The molecule has 0 aliphatic carbocycles. The van der Waals surface area contributed by atoms with Crippen molar-refractivity contribution in [1.29, 1.82) is 0 Å². The highest BCUT2D eigenvalue weighted by Gasteiger charge is 2.06. The van der Waals surface area contributed by atoms with Crippen LogP contribution in [0.3, 0.4) is 0 Å². The molecule has 3 heteroatoms. The van der Waals surface area contributed by atoms with Crippen molar-refractivity contribution in [3.05, 3.63) is 0 Å². The molecule has 0 N–H and O–H groups in total. The van der Waals surface area contributed by atoms with Gasteiger partial charge in [0.05, 0.1) is 6.10 Å². The van der Waals surface area contributed by atoms with Crippen molar-refractivity contribution in [1.82, 2.24) is 0 Å². The molecule has 0 aliphatic heterocycles. The van der Waals surface area contributed by atoms with Crippen LogP contribution in [-0.2, 0) is 9.69 Å². The fourth-order valence-corrected chi connectivity index (χ4v) is 1.17. The van der Waals surface area contributed by atoms with Gasteiger partial charge in [-0.05, 0) is 12.8 Å². The molecule has 0 unspecified atom stereocenters. The van der Waals surface area contributed by atoms with Crippen LogP contribution in [0.1, 0.15) is 52.9 Å². The summed E-state index contributed by atoms with van der Waals surface area (Å²) in [4.78, 5) is 10.3. The summed E-state index contributed by atoms with van der Waals surface area (Å²) in [5.41, 5.74) is 0. The van der Waals surface area contributed by atoms with Crippen molar-refractivity contribution in [3.8, 4) is 0 Å². The van der Waals surface area contributed by atoms with Crippen molar-refractivity contribution in [3.63, 3.8) is 0 Å². The Hall–Kier alpha value is -0.0151. The van der Waals surface area contributed by atoms with Crippen LogP contribution < -0.4 is 0 Å². The number of hydrogen-bond donors (Lipinski definition) is 0. The largest absolute Gasteiger partial charge is 0.323 e. The van der Waals surface area contributed by atoms with Crippen LogP contribution in [0.15, 0.2) is 0 Å². The van der Waals surface area contributed by atoms with Gasteiger partial charge in [-0.1, -0.05) is 46.4 Å². The molecule has 13 heavy (non-hydrogen) atoms. The third-order valence-corrected chi connectivity index (χ3v) is 2.08. The van der Waals surface area contributed by atoms with E-state index in [1.165, 1.54) is 19.3 Å². The van der Waals surface area contributed by atoms with Crippen LogP contribution in [0, 0.1) is 0 Å². The van der Waals surface area contributed by atoms with Crippen molar-refractivity contribution in [2.24, 2.45) is 0 Å². The molecule has 0 radical (unpaired) electrons. The molecule has 0 aliphatic rings. The van der Waals surface area contributed by atoms with Gasteiger partial charge in [0.15, 0.2) is 0 Å². The Morgan fingerprint density at radius 2 is 1.92 bits per heavy atom. The molecule has 78 valence electrons. The smallest absolute Gasteiger partial charge is 0.309 e. The van der Waals surface area contributed by atoms with Crippen LogP contribution in [0.2, 0.25) is 6.32 Å². The number of rotatable bonds is 9. The molecule has 0 aromatic heterocycles. The van der Waals surface area contributed by atoms with E-state index >= 15 is 0 Å². The van der Waals surface area contributed by atoms with Crippen molar-refractivity contribution in [2.75, 3.05) is 0 Å². The van der Waals surface area contributed by atoms with E-state index < -0.39 is 0 Å². The molecular weight excluding hydrogens is 163 g/mol. The SMILES string of the molecule is CCBOO[C@@H](CC)CCCCC. The summed E-state index contributed by atoms with van der Waals surface area (Å²) in [6.07, 6.45) is 7.33. The molecule has 0 amide bonds. The summed E-state index contributed by atoms with van der Waals surface area (Å²) in [5, 5.41) is 0. The Balaban J connectivity index is 3.28. The van der Waals surface area contributed by atoms with Crippen molar-refractivity contribution in [2.45, 2.75) is 65.3 Å². The topological polar surface area (TPSA) is 18.5 Å². The minimum Gasteiger partial charge on any atom is -0.309 e. The standard InChI is InChI=1S/C10H23BO2/c1-4-7-8-9-10(5-2)12-13-11-6-3/h10-11H,4-9H2,1-3H3/t10-/m0/s1. The third-order valence-electron chi connectivity index (χ3n) is 2.08. The monoisotopic (exact) mass is 186 g/mol. The maximum Gasteiger partial charge on any atom is 0.323 e. The first-order chi connectivity index (χ1) is 6.35. The van der Waals surface area contributed by atoms with Crippen molar-refractivity contribution >= 4 is 7.48 Å². The fraction of sp³-hybridized carbons (Fsp3) is 1.00. The van der Waals surface area contributed by atoms with Gasteiger partial charge in [-0.3, -0.25) is 0 Å². The average molecular weight is 186 g/mol. The van der Waals surface area contributed by atoms with Crippen LogP contribution in [-0.4, -0.2) is 13.6 Å². The lowest BCUT2D eigenvalue weighted by atomic mass is 9.99. The van der Waals surface area contributed by atoms with E-state index in [-0.39, 0.29) is 0 Å². The molecular formula is C10H23BO2. The summed E-state index contributed by atoms with van der Waals surface area (Å²) in [6.45, 7) is 6.45. The van der Waals surface area contributed by atoms with Crippen LogP contribution in [0.4, 0.5) is 0 Å². The molecule has 0 rings (SSSR count). The first-order valence-electron chi connectivity index (χ1n) is 5.63. The van der Waals surface area contributed by atoms with E-state index in [0.29, 0.717) is 13.6 Å². The number of hydrogen-bond acceptors (Lipinski definition) is 2. The maximum atomic E-state index is 5.28. The Morgan fingerprint density at radius 1 is 1.15 bits per heavy atom. The summed E-state index contributed by atoms with van der Waals surface area (Å²) < 4.78 is 0. The second kappa shape index (κ2) is 10.1. The molecule has 0 heterocycles. The second-order valence-corrected chi connectivity index (χ2v) is 3.44. The lowest BCUT2D eigenvalue weighted by Crippen LogP contribution is -2.13. The molecule has 0 spiro atoms. The Morgan fingerprint density at radius 3 is 2.46 bits per heavy atom. The summed E-state index contributed by atoms with van der Waals surface area (Å²) >= 11 is 0. The maximum absolute atomic E-state index is 5.28. The highest BCUT2D eigenvalue weighted by molar-refractivity contribution is 6.26. The molecule has 0 bridgehead atoms. The van der Waals surface area contributed by atoms with Gasteiger partial charge in [0.25, 0.3) is 0 Å². The van der Waals surface area contributed by atoms with E-state index in [1.54, 1.807) is 0 Å². The van der Waals surface area contributed by atoms with Gasteiger partial charge in [-0.15, -0.1) is 0 Å². The molecule has 0 saturated heterocycles. The average Bonchev–Trinajstić information content (AvgIpc) is 2.16. The minimum absolute atomic E-state index is 0.304. The van der Waals surface area contributed by atoms with Gasteiger partial charge in [0.1, 0.15) is 0 Å². The van der Waals surface area contributed by atoms with Gasteiger partial charge in [0, 0.05) is 0 Å². The fourth-order valence-electron chi connectivity index (χ4n) is 1.17. The highest BCUT2D eigenvalue weighted by Crippen LogP contribution is 2.10. The lowest BCUT2D eigenvalue weighted by Gasteiger charge is -2.14. The molecule has 0 saturated carbocycles. The quantitative estimate of drug-likeness (QED) is 0.238. The lowest BCUT2D eigenvalue weighted by molar-refractivity contribution is -0.249. The summed E-state index contributed by atoms with van der Waals surface area (Å²) in [5.74, 6) is 0. The first-order valence-corrected chi connectivity index (χ1v) is 5.63. The van der Waals surface area contributed by atoms with E-state index in [9.17, 15) is 0 Å². The Labute approximate surface area is 83.2 Å². The van der Waals surface area contributed by atoms with E-state index in [1.807, 2.05) is 0 Å². The van der Waals surface area contributed by atoms with E-state index in [2.05, 4.69) is 20.8 Å². The van der Waals surface area contributed by atoms with Gasteiger partial charge in [-0.25, -0.2) is 4.89 Å². The predicted molar refractivity (Wildman–Crippen MR) is 58.0 cm³/mol. The Kier molecular flexibility index (Phi) is 10.1. The molecule has 0 aromatic carbocycles. The molecule has 0 aromatic rings. The zero-order valence-corrected chi connectivity index (χ0v) is 9.34. The normalized spacial score (nSPS) is 12.8. The molecule has 0 fully saturated rings. The molecule has 1 atom stereocenters. The minimum atomic E-state index is 0.304. The van der Waals surface area contributed by atoms with Gasteiger partial charge in [-0.2, -0.15) is 0 Å². The zero-order chi connectivity index (χ0) is 9.94. The third kappa shape index (κ3) is 8.32. The van der Waals surface area contributed by atoms with Crippen LogP contribution in [0.25, 0.3) is 0 Å². The van der Waals surface area contributed by atoms with E-state index in [4.69, 9.17) is 9.69 Å². The highest BCUT2D eigenvalue weighted by atomic mass is 17.2. The van der Waals surface area contributed by atoms with Gasteiger partial charge >= 0.3 is 7.48 Å². The second-order valence-electron chi connectivity index (χ2n) is 3.44.